The summed E-state index contributed by atoms with van der Waals surface area (Å²) in [5, 5.41) is 2.86. The van der Waals surface area contributed by atoms with Crippen LogP contribution in [0.2, 0.25) is 0 Å². The molecule has 1 aromatic heterocycles. The minimum absolute atomic E-state index is 0.0416. The second-order valence-corrected chi connectivity index (χ2v) is 4.47. The normalized spacial score (nSPS) is 34.2. The summed E-state index contributed by atoms with van der Waals surface area (Å²) in [4.78, 5) is 11.9. The molecule has 4 nitrogen and oxygen atoms in total. The molecule has 4 heteroatoms. The number of carbonyl (C=O) groups is 1. The predicted molar refractivity (Wildman–Crippen MR) is 56.4 cm³/mol. The van der Waals surface area contributed by atoms with Crippen molar-refractivity contribution < 1.29 is 13.9 Å². The molecule has 3 atom stereocenters. The Morgan fingerprint density at radius 3 is 3.00 bits per heavy atom. The highest BCUT2D eigenvalue weighted by Gasteiger charge is 2.39. The van der Waals surface area contributed by atoms with E-state index in [0.717, 1.165) is 25.7 Å². The first kappa shape index (κ1) is 9.90. The maximum atomic E-state index is 11.9. The van der Waals surface area contributed by atoms with Crippen LogP contribution in [0.4, 0.5) is 0 Å². The Morgan fingerprint density at radius 1 is 1.31 bits per heavy atom. The Balaban J connectivity index is 1.78. The molecule has 86 valence electrons. The number of furan rings is 1. The van der Waals surface area contributed by atoms with Crippen molar-refractivity contribution in [1.29, 1.82) is 0 Å². The third-order valence-electron chi connectivity index (χ3n) is 3.43. The molecule has 1 aliphatic heterocycles. The maximum Gasteiger partial charge on any atom is 0.228 e. The fourth-order valence-corrected chi connectivity index (χ4v) is 2.58. The van der Waals surface area contributed by atoms with Crippen molar-refractivity contribution in [2.45, 2.75) is 38.0 Å². The molecule has 0 aromatic carbocycles. The van der Waals surface area contributed by atoms with Crippen LogP contribution in [0, 0.1) is 5.92 Å². The summed E-state index contributed by atoms with van der Waals surface area (Å²) in [5.74, 6) is 0.828. The van der Waals surface area contributed by atoms with E-state index in [9.17, 15) is 4.79 Å². The van der Waals surface area contributed by atoms with Gasteiger partial charge in [-0.05, 0) is 25.0 Å². The summed E-state index contributed by atoms with van der Waals surface area (Å²) >= 11 is 0. The highest BCUT2D eigenvalue weighted by atomic mass is 16.5. The quantitative estimate of drug-likeness (QED) is 0.789. The van der Waals surface area contributed by atoms with Gasteiger partial charge in [0.1, 0.15) is 0 Å². The Morgan fingerprint density at radius 2 is 2.19 bits per heavy atom. The monoisotopic (exact) mass is 221 g/mol. The van der Waals surface area contributed by atoms with Crippen molar-refractivity contribution in [2.24, 2.45) is 5.92 Å². The molecule has 16 heavy (non-hydrogen) atoms. The molecule has 3 rings (SSSR count). The number of ether oxygens (including phenoxy) is 1. The van der Waals surface area contributed by atoms with Crippen LogP contribution in [-0.2, 0) is 9.53 Å². The van der Waals surface area contributed by atoms with Gasteiger partial charge in [0, 0.05) is 0 Å². The van der Waals surface area contributed by atoms with Crippen molar-refractivity contribution in [3.63, 3.8) is 0 Å². The largest absolute Gasteiger partial charge is 0.465 e. The second kappa shape index (κ2) is 3.94. The van der Waals surface area contributed by atoms with Gasteiger partial charge in [-0.1, -0.05) is 12.8 Å². The van der Waals surface area contributed by atoms with Crippen LogP contribution in [0.3, 0.4) is 0 Å². The van der Waals surface area contributed by atoms with E-state index in [1.807, 2.05) is 6.07 Å². The van der Waals surface area contributed by atoms with Crippen molar-refractivity contribution >= 4 is 5.91 Å². The summed E-state index contributed by atoms with van der Waals surface area (Å²) in [7, 11) is 0. The maximum absolute atomic E-state index is 11.9. The minimum Gasteiger partial charge on any atom is -0.465 e. The molecular formula is C12H15NO3. The smallest absolute Gasteiger partial charge is 0.228 e. The molecular weight excluding hydrogens is 206 g/mol. The molecule has 1 amide bonds. The standard InChI is InChI=1S/C12H15NO3/c14-11-8-4-1-2-5-9(8)16-12(13-11)10-6-3-7-15-10/h3,6-9,12H,1-2,4-5H2,(H,13,14)/t8-,9+,12-/m1/s1. The number of hydrogen-bond acceptors (Lipinski definition) is 3. The lowest BCUT2D eigenvalue weighted by atomic mass is 9.84. The van der Waals surface area contributed by atoms with Crippen molar-refractivity contribution in [2.75, 3.05) is 0 Å². The molecule has 0 radical (unpaired) electrons. The van der Waals surface area contributed by atoms with Gasteiger partial charge in [-0.3, -0.25) is 4.79 Å². The molecule has 1 aliphatic carbocycles. The van der Waals surface area contributed by atoms with Crippen LogP contribution >= 0.6 is 0 Å². The topological polar surface area (TPSA) is 51.5 Å². The molecule has 0 spiro atoms. The third kappa shape index (κ3) is 1.63. The highest BCUT2D eigenvalue weighted by molar-refractivity contribution is 5.80. The first-order valence-electron chi connectivity index (χ1n) is 5.84. The molecule has 1 aromatic rings. The molecule has 1 saturated carbocycles. The number of amides is 1. The van der Waals surface area contributed by atoms with Crippen molar-refractivity contribution in [3.05, 3.63) is 24.2 Å². The summed E-state index contributed by atoms with van der Waals surface area (Å²) in [5.41, 5.74) is 0. The fraction of sp³-hybridized carbons (Fsp3) is 0.583. The van der Waals surface area contributed by atoms with E-state index in [2.05, 4.69) is 5.32 Å². The van der Waals surface area contributed by atoms with E-state index in [0.29, 0.717) is 5.76 Å². The van der Waals surface area contributed by atoms with Crippen LogP contribution in [0.5, 0.6) is 0 Å². The Labute approximate surface area is 94.0 Å². The summed E-state index contributed by atoms with van der Waals surface area (Å²) < 4.78 is 11.1. The van der Waals surface area contributed by atoms with Gasteiger partial charge in [0.25, 0.3) is 0 Å². The Hall–Kier alpha value is -1.29. The number of fused-ring (bicyclic) bond motifs is 1. The Kier molecular flexibility index (Phi) is 2.44. The SMILES string of the molecule is O=C1N[C@@H](c2ccco2)O[C@H]2CCCC[C@@H]12. The van der Waals surface area contributed by atoms with Gasteiger partial charge in [0.15, 0.2) is 12.0 Å². The first-order valence-corrected chi connectivity index (χ1v) is 5.84. The van der Waals surface area contributed by atoms with Gasteiger partial charge in [0.05, 0.1) is 18.3 Å². The number of carbonyl (C=O) groups excluding carboxylic acids is 1. The third-order valence-corrected chi connectivity index (χ3v) is 3.43. The van der Waals surface area contributed by atoms with E-state index in [1.54, 1.807) is 12.3 Å². The lowest BCUT2D eigenvalue weighted by Crippen LogP contribution is -2.49. The van der Waals surface area contributed by atoms with Crippen LogP contribution in [0.15, 0.2) is 22.8 Å². The first-order chi connectivity index (χ1) is 7.84. The van der Waals surface area contributed by atoms with Crippen LogP contribution in [0.25, 0.3) is 0 Å². The minimum atomic E-state index is -0.401. The Bertz CT molecular complexity index is 374. The van der Waals surface area contributed by atoms with Crippen LogP contribution in [-0.4, -0.2) is 12.0 Å². The van der Waals surface area contributed by atoms with Gasteiger partial charge in [-0.25, -0.2) is 0 Å². The van der Waals surface area contributed by atoms with Gasteiger partial charge in [-0.2, -0.15) is 0 Å². The number of hydrogen-bond donors (Lipinski definition) is 1. The molecule has 1 N–H and O–H groups in total. The molecule has 0 bridgehead atoms. The van der Waals surface area contributed by atoms with Crippen LogP contribution in [0.1, 0.15) is 37.7 Å². The van der Waals surface area contributed by atoms with Crippen molar-refractivity contribution in [1.82, 2.24) is 5.32 Å². The van der Waals surface area contributed by atoms with E-state index < -0.39 is 6.23 Å². The fourth-order valence-electron chi connectivity index (χ4n) is 2.58. The van der Waals surface area contributed by atoms with Gasteiger partial charge < -0.3 is 14.5 Å². The summed E-state index contributed by atoms with van der Waals surface area (Å²) in [6, 6.07) is 3.63. The van der Waals surface area contributed by atoms with E-state index in [-0.39, 0.29) is 17.9 Å². The zero-order valence-electron chi connectivity index (χ0n) is 9.02. The molecule has 2 fully saturated rings. The van der Waals surface area contributed by atoms with Crippen LogP contribution < -0.4 is 5.32 Å². The highest BCUT2D eigenvalue weighted by Crippen LogP contribution is 2.34. The lowest BCUT2D eigenvalue weighted by Gasteiger charge is -2.38. The lowest BCUT2D eigenvalue weighted by molar-refractivity contribution is -0.161. The van der Waals surface area contributed by atoms with E-state index in [4.69, 9.17) is 9.15 Å². The zero-order chi connectivity index (χ0) is 11.0. The average Bonchev–Trinajstić information content (AvgIpc) is 2.82. The molecule has 2 aliphatic rings. The molecule has 0 unspecified atom stereocenters. The average molecular weight is 221 g/mol. The van der Waals surface area contributed by atoms with E-state index in [1.165, 1.54) is 0 Å². The number of nitrogens with one attached hydrogen (secondary N) is 1. The summed E-state index contributed by atoms with van der Waals surface area (Å²) in [6.07, 6.45) is 5.47. The van der Waals surface area contributed by atoms with Gasteiger partial charge in [0.2, 0.25) is 5.91 Å². The molecule has 1 saturated heterocycles. The van der Waals surface area contributed by atoms with Crippen molar-refractivity contribution in [3.8, 4) is 0 Å². The van der Waals surface area contributed by atoms with E-state index >= 15 is 0 Å². The van der Waals surface area contributed by atoms with Gasteiger partial charge >= 0.3 is 0 Å². The predicted octanol–water partition coefficient (Wildman–Crippen LogP) is 1.98. The van der Waals surface area contributed by atoms with Gasteiger partial charge in [-0.15, -0.1) is 0 Å². The number of rotatable bonds is 1. The molecule has 2 heterocycles. The second-order valence-electron chi connectivity index (χ2n) is 4.47. The summed E-state index contributed by atoms with van der Waals surface area (Å²) in [6.45, 7) is 0. The zero-order valence-corrected chi connectivity index (χ0v) is 9.02.